The number of likely N-dealkylation sites (tertiary alicyclic amines) is 1. The lowest BCUT2D eigenvalue weighted by Gasteiger charge is -2.31. The second kappa shape index (κ2) is 14.2. The van der Waals surface area contributed by atoms with Gasteiger partial charge in [-0.05, 0) is 31.8 Å². The first-order valence-corrected chi connectivity index (χ1v) is 8.70. The van der Waals surface area contributed by atoms with Gasteiger partial charge in [0.25, 0.3) is 0 Å². The maximum Gasteiger partial charge on any atom is 0.0558 e. The molecule has 1 heterocycles. The maximum absolute atomic E-state index is 8.92. The predicted molar refractivity (Wildman–Crippen MR) is 90.7 cm³/mol. The Kier molecular flexibility index (Phi) is 14.3. The molecule has 3 heteroatoms. The van der Waals surface area contributed by atoms with Gasteiger partial charge in [0.15, 0.2) is 0 Å². The van der Waals surface area contributed by atoms with E-state index in [1.54, 1.807) is 0 Å². The molecule has 0 aromatic rings. The van der Waals surface area contributed by atoms with Crippen LogP contribution in [0.3, 0.4) is 0 Å². The van der Waals surface area contributed by atoms with Crippen molar-refractivity contribution in [2.45, 2.75) is 77.6 Å². The number of unbranched alkanes of at least 4 members (excludes halogenated alkanes) is 7. The number of hydrogen-bond acceptors (Lipinski definition) is 2. The van der Waals surface area contributed by atoms with Gasteiger partial charge in [-0.25, -0.2) is 0 Å². The van der Waals surface area contributed by atoms with Crippen molar-refractivity contribution in [3.63, 3.8) is 0 Å². The van der Waals surface area contributed by atoms with Crippen LogP contribution in [0.1, 0.15) is 77.6 Å². The van der Waals surface area contributed by atoms with Crippen molar-refractivity contribution in [2.75, 3.05) is 26.2 Å². The minimum absolute atomic E-state index is 0. The summed E-state index contributed by atoms with van der Waals surface area (Å²) in [6.07, 6.45) is 15.6. The third-order valence-electron chi connectivity index (χ3n) is 4.59. The number of aliphatic hydroxyl groups excluding tert-OH is 1. The van der Waals surface area contributed by atoms with Crippen LogP contribution in [0.25, 0.3) is 0 Å². The molecule has 0 unspecified atom stereocenters. The number of β-amino-alcohol motifs (C(OH)–C–C–N with tert-alkyl or cyclic N) is 1. The highest BCUT2D eigenvalue weighted by Gasteiger charge is 2.17. The minimum Gasteiger partial charge on any atom is -0.395 e. The summed E-state index contributed by atoms with van der Waals surface area (Å²) in [6.45, 7) is 5.91. The van der Waals surface area contributed by atoms with Gasteiger partial charge >= 0.3 is 0 Å². The van der Waals surface area contributed by atoms with Crippen molar-refractivity contribution in [1.29, 1.82) is 0 Å². The van der Waals surface area contributed by atoms with Gasteiger partial charge in [0, 0.05) is 6.54 Å². The van der Waals surface area contributed by atoms with E-state index in [2.05, 4.69) is 11.8 Å². The van der Waals surface area contributed by atoms with Crippen LogP contribution in [0, 0.1) is 5.92 Å². The molecule has 0 bridgehead atoms. The maximum atomic E-state index is 8.92. The van der Waals surface area contributed by atoms with Crippen molar-refractivity contribution in [3.05, 3.63) is 0 Å². The fourth-order valence-electron chi connectivity index (χ4n) is 3.21. The Balaban J connectivity index is 0.00000361. The van der Waals surface area contributed by atoms with E-state index in [1.807, 2.05) is 0 Å². The molecule has 0 aromatic carbocycles. The molecule has 20 heavy (non-hydrogen) atoms. The molecule has 1 N–H and O–H groups in total. The topological polar surface area (TPSA) is 23.5 Å². The van der Waals surface area contributed by atoms with E-state index in [-0.39, 0.29) is 12.4 Å². The lowest BCUT2D eigenvalue weighted by Crippen LogP contribution is -2.35. The summed E-state index contributed by atoms with van der Waals surface area (Å²) in [5.41, 5.74) is 0. The van der Waals surface area contributed by atoms with Gasteiger partial charge in [0.1, 0.15) is 0 Å². The van der Waals surface area contributed by atoms with Crippen LogP contribution in [0.4, 0.5) is 0 Å². The Morgan fingerprint density at radius 3 is 2.00 bits per heavy atom. The van der Waals surface area contributed by atoms with Gasteiger partial charge in [0.05, 0.1) is 6.61 Å². The van der Waals surface area contributed by atoms with E-state index in [0.29, 0.717) is 6.61 Å². The molecule has 0 aromatic heterocycles. The summed E-state index contributed by atoms with van der Waals surface area (Å²) in [5, 5.41) is 8.92. The first-order chi connectivity index (χ1) is 9.36. The Bertz CT molecular complexity index is 193. The SMILES string of the molecule is CCCCCCCCCCC1CCN(CCO)CC1.Cl. The lowest BCUT2D eigenvalue weighted by molar-refractivity contribution is 0.143. The Morgan fingerprint density at radius 1 is 0.900 bits per heavy atom. The third-order valence-corrected chi connectivity index (χ3v) is 4.59. The molecule has 1 aliphatic rings. The van der Waals surface area contributed by atoms with Gasteiger partial charge < -0.3 is 10.0 Å². The molecular formula is C17H36ClNO. The van der Waals surface area contributed by atoms with Crippen molar-refractivity contribution in [1.82, 2.24) is 4.90 Å². The summed E-state index contributed by atoms with van der Waals surface area (Å²) in [7, 11) is 0. The number of halogens is 1. The second-order valence-electron chi connectivity index (χ2n) is 6.27. The van der Waals surface area contributed by atoms with Gasteiger partial charge in [0.2, 0.25) is 0 Å². The number of piperidine rings is 1. The van der Waals surface area contributed by atoms with Gasteiger partial charge in [-0.3, -0.25) is 0 Å². The predicted octanol–water partition coefficient (Wildman–Crippen LogP) is 4.64. The number of nitrogens with zero attached hydrogens (tertiary/aromatic N) is 1. The van der Waals surface area contributed by atoms with E-state index < -0.39 is 0 Å². The minimum atomic E-state index is 0. The van der Waals surface area contributed by atoms with Gasteiger partial charge in [-0.2, -0.15) is 0 Å². The monoisotopic (exact) mass is 305 g/mol. The molecule has 0 aliphatic carbocycles. The molecule has 0 atom stereocenters. The lowest BCUT2D eigenvalue weighted by atomic mass is 9.91. The quantitative estimate of drug-likeness (QED) is 0.562. The van der Waals surface area contributed by atoms with E-state index in [1.165, 1.54) is 83.7 Å². The normalized spacial score (nSPS) is 17.1. The highest BCUT2D eigenvalue weighted by molar-refractivity contribution is 5.85. The zero-order valence-electron chi connectivity index (χ0n) is 13.5. The standard InChI is InChI=1S/C17H35NO.ClH/c1-2-3-4-5-6-7-8-9-10-17-11-13-18(14-12-17)15-16-19;/h17,19H,2-16H2,1H3;1H. The Labute approximate surface area is 132 Å². The first-order valence-electron chi connectivity index (χ1n) is 8.70. The fraction of sp³-hybridized carbons (Fsp3) is 1.00. The molecule has 2 nitrogen and oxygen atoms in total. The van der Waals surface area contributed by atoms with Crippen molar-refractivity contribution >= 4 is 12.4 Å². The molecule has 0 spiro atoms. The van der Waals surface area contributed by atoms with E-state index in [4.69, 9.17) is 5.11 Å². The largest absolute Gasteiger partial charge is 0.395 e. The molecule has 1 aliphatic heterocycles. The fourth-order valence-corrected chi connectivity index (χ4v) is 3.21. The van der Waals surface area contributed by atoms with Gasteiger partial charge in [-0.1, -0.05) is 64.7 Å². The summed E-state index contributed by atoms with van der Waals surface area (Å²) in [4.78, 5) is 2.41. The molecule has 1 rings (SSSR count). The molecule has 1 fully saturated rings. The van der Waals surface area contributed by atoms with Crippen LogP contribution >= 0.6 is 12.4 Å². The third kappa shape index (κ3) is 10.0. The van der Waals surface area contributed by atoms with Crippen LogP contribution in [-0.2, 0) is 0 Å². The molecular weight excluding hydrogens is 270 g/mol. The zero-order valence-corrected chi connectivity index (χ0v) is 14.3. The van der Waals surface area contributed by atoms with E-state index >= 15 is 0 Å². The number of rotatable bonds is 11. The zero-order chi connectivity index (χ0) is 13.8. The van der Waals surface area contributed by atoms with Crippen LogP contribution in [-0.4, -0.2) is 36.2 Å². The molecule has 1 saturated heterocycles. The van der Waals surface area contributed by atoms with Crippen LogP contribution in [0.15, 0.2) is 0 Å². The van der Waals surface area contributed by atoms with Crippen molar-refractivity contribution in [3.8, 4) is 0 Å². The van der Waals surface area contributed by atoms with Gasteiger partial charge in [-0.15, -0.1) is 12.4 Å². The average Bonchev–Trinajstić information content (AvgIpc) is 2.44. The van der Waals surface area contributed by atoms with Crippen LogP contribution in [0.5, 0.6) is 0 Å². The van der Waals surface area contributed by atoms with Crippen LogP contribution in [0.2, 0.25) is 0 Å². The Hall–Kier alpha value is 0.210. The average molecular weight is 306 g/mol. The van der Waals surface area contributed by atoms with Crippen LogP contribution < -0.4 is 0 Å². The van der Waals surface area contributed by atoms with E-state index in [9.17, 15) is 0 Å². The van der Waals surface area contributed by atoms with E-state index in [0.717, 1.165) is 12.5 Å². The Morgan fingerprint density at radius 2 is 1.45 bits per heavy atom. The second-order valence-corrected chi connectivity index (χ2v) is 6.27. The summed E-state index contributed by atoms with van der Waals surface area (Å²) >= 11 is 0. The molecule has 0 radical (unpaired) electrons. The first kappa shape index (κ1) is 20.2. The number of hydrogen-bond donors (Lipinski definition) is 1. The van der Waals surface area contributed by atoms with Crippen molar-refractivity contribution in [2.24, 2.45) is 5.92 Å². The summed E-state index contributed by atoms with van der Waals surface area (Å²) < 4.78 is 0. The van der Waals surface area contributed by atoms with Crippen molar-refractivity contribution < 1.29 is 5.11 Å². The highest BCUT2D eigenvalue weighted by Crippen LogP contribution is 2.23. The summed E-state index contributed by atoms with van der Waals surface area (Å²) in [6, 6.07) is 0. The molecule has 122 valence electrons. The smallest absolute Gasteiger partial charge is 0.0558 e. The highest BCUT2D eigenvalue weighted by atomic mass is 35.5. The molecule has 0 saturated carbocycles. The number of aliphatic hydroxyl groups is 1. The molecule has 0 amide bonds. The summed E-state index contributed by atoms with van der Waals surface area (Å²) in [5.74, 6) is 0.968.